The van der Waals surface area contributed by atoms with E-state index in [4.69, 9.17) is 5.73 Å². The number of aromatic nitrogens is 1. The van der Waals surface area contributed by atoms with Gasteiger partial charge in [-0.3, -0.25) is 14.7 Å². The molecular weight excluding hydrogens is 507 g/mol. The number of primary amides is 1. The molecule has 12 heteroatoms. The maximum atomic E-state index is 13.3. The first-order valence-corrected chi connectivity index (χ1v) is 13.9. The number of amides is 1. The number of benzene rings is 1. The van der Waals surface area contributed by atoms with Crippen LogP contribution in [0.1, 0.15) is 48.0 Å². The fourth-order valence-corrected chi connectivity index (χ4v) is 6.32. The Labute approximate surface area is 215 Å². The topological polar surface area (TPSA) is 109 Å². The molecule has 1 aliphatic heterocycles. The van der Waals surface area contributed by atoms with Gasteiger partial charge < -0.3 is 10.6 Å². The number of alkyl halides is 3. The Balaban J connectivity index is 1.23. The van der Waals surface area contributed by atoms with Crippen molar-refractivity contribution in [1.82, 2.24) is 14.6 Å². The van der Waals surface area contributed by atoms with Gasteiger partial charge in [0.25, 0.3) is 0 Å². The summed E-state index contributed by atoms with van der Waals surface area (Å²) < 4.78 is 67.7. The number of carbonyl (C=O) groups excluding carboxylic acids is 1. The minimum absolute atomic E-state index is 0.0808. The molecule has 2 heterocycles. The third-order valence-electron chi connectivity index (χ3n) is 7.23. The second-order valence-electron chi connectivity index (χ2n) is 9.78. The van der Waals surface area contributed by atoms with Crippen LogP contribution in [0.2, 0.25) is 0 Å². The van der Waals surface area contributed by atoms with Crippen LogP contribution >= 0.6 is 0 Å². The first-order valence-electron chi connectivity index (χ1n) is 12.4. The zero-order valence-corrected chi connectivity index (χ0v) is 21.3. The summed E-state index contributed by atoms with van der Waals surface area (Å²) in [6.45, 7) is 3.43. The van der Waals surface area contributed by atoms with E-state index in [2.05, 4.69) is 14.6 Å². The van der Waals surface area contributed by atoms with Crippen molar-refractivity contribution in [2.45, 2.75) is 49.2 Å². The molecule has 0 spiro atoms. The monoisotopic (exact) mass is 539 g/mol. The molecule has 4 rings (SSSR count). The lowest BCUT2D eigenvalue weighted by atomic mass is 9.84. The number of pyridine rings is 1. The van der Waals surface area contributed by atoms with Crippen LogP contribution in [-0.2, 0) is 16.2 Å². The average molecular weight is 540 g/mol. The van der Waals surface area contributed by atoms with E-state index in [9.17, 15) is 26.4 Å². The number of nitrogens with two attached hydrogens (primary N) is 1. The zero-order valence-electron chi connectivity index (χ0n) is 20.5. The Hall–Kier alpha value is -2.70. The van der Waals surface area contributed by atoms with Crippen LogP contribution in [0, 0.1) is 5.92 Å². The molecule has 202 valence electrons. The van der Waals surface area contributed by atoms with Gasteiger partial charge in [0.2, 0.25) is 15.9 Å². The molecule has 1 saturated heterocycles. The number of hydrogen-bond donors (Lipinski definition) is 2. The van der Waals surface area contributed by atoms with Crippen molar-refractivity contribution in [3.63, 3.8) is 0 Å². The largest absolute Gasteiger partial charge is 0.416 e. The molecule has 2 aromatic rings. The summed E-state index contributed by atoms with van der Waals surface area (Å²) >= 11 is 0. The van der Waals surface area contributed by atoms with Crippen molar-refractivity contribution in [2.24, 2.45) is 11.7 Å². The zero-order chi connectivity index (χ0) is 26.6. The third-order valence-corrected chi connectivity index (χ3v) is 8.74. The number of sulfonamides is 1. The van der Waals surface area contributed by atoms with Crippen molar-refractivity contribution < 1.29 is 26.4 Å². The van der Waals surface area contributed by atoms with Crippen molar-refractivity contribution in [3.8, 4) is 0 Å². The first kappa shape index (κ1) is 27.3. The quantitative estimate of drug-likeness (QED) is 0.533. The Morgan fingerprint density at radius 3 is 2.38 bits per heavy atom. The lowest BCUT2D eigenvalue weighted by molar-refractivity contribution is -0.137. The van der Waals surface area contributed by atoms with Crippen LogP contribution in [0.3, 0.4) is 0 Å². The first-order chi connectivity index (χ1) is 17.5. The van der Waals surface area contributed by atoms with E-state index in [1.54, 1.807) is 6.07 Å². The predicted octanol–water partition coefficient (Wildman–Crippen LogP) is 3.25. The summed E-state index contributed by atoms with van der Waals surface area (Å²) in [5.41, 5.74) is 4.59. The maximum Gasteiger partial charge on any atom is 0.416 e. The van der Waals surface area contributed by atoms with Crippen molar-refractivity contribution >= 4 is 21.6 Å². The van der Waals surface area contributed by atoms with Gasteiger partial charge in [-0.05, 0) is 74.9 Å². The number of rotatable bonds is 8. The Bertz CT molecular complexity index is 1180. The number of carbonyl (C=O) groups is 1. The highest BCUT2D eigenvalue weighted by Gasteiger charge is 2.33. The highest BCUT2D eigenvalue weighted by atomic mass is 32.2. The molecule has 8 nitrogen and oxygen atoms in total. The number of nitrogens with zero attached hydrogens (tertiary/aromatic N) is 3. The smallest absolute Gasteiger partial charge is 0.369 e. The van der Waals surface area contributed by atoms with Crippen LogP contribution in [0.5, 0.6) is 0 Å². The summed E-state index contributed by atoms with van der Waals surface area (Å²) in [5.74, 6) is -0.371. The van der Waals surface area contributed by atoms with Crippen LogP contribution in [0.25, 0.3) is 0 Å². The molecule has 1 aliphatic carbocycles. The van der Waals surface area contributed by atoms with Gasteiger partial charge in [-0.25, -0.2) is 13.1 Å². The molecule has 1 aromatic heterocycles. The molecule has 1 amide bonds. The van der Waals surface area contributed by atoms with Crippen molar-refractivity contribution in [3.05, 3.63) is 53.9 Å². The van der Waals surface area contributed by atoms with E-state index >= 15 is 0 Å². The minimum Gasteiger partial charge on any atom is -0.369 e. The van der Waals surface area contributed by atoms with Gasteiger partial charge in [0.05, 0.1) is 5.56 Å². The Morgan fingerprint density at radius 1 is 1.08 bits per heavy atom. The maximum absolute atomic E-state index is 13.3. The summed E-state index contributed by atoms with van der Waals surface area (Å²) in [7, 11) is -3.57. The van der Waals surface area contributed by atoms with Crippen LogP contribution in [0.4, 0.5) is 18.9 Å². The van der Waals surface area contributed by atoms with E-state index in [1.807, 2.05) is 4.90 Å². The van der Waals surface area contributed by atoms with Gasteiger partial charge >= 0.3 is 6.18 Å². The molecule has 0 bridgehead atoms. The molecule has 0 unspecified atom stereocenters. The summed E-state index contributed by atoms with van der Waals surface area (Å²) in [4.78, 5) is 19.8. The molecule has 0 atom stereocenters. The molecular formula is C25H32F3N5O3S. The lowest BCUT2D eigenvalue weighted by Gasteiger charge is -2.37. The number of hydrogen-bond acceptors (Lipinski definition) is 6. The van der Waals surface area contributed by atoms with Gasteiger partial charge in [0.1, 0.15) is 4.90 Å². The normalized spacial score (nSPS) is 21.6. The molecule has 3 N–H and O–H groups in total. The third kappa shape index (κ3) is 7.20. The fourth-order valence-electron chi connectivity index (χ4n) is 5.06. The number of nitrogens with one attached hydrogen (secondary N) is 1. The standard InChI is InChI=1S/C25H32F3N5O3S/c26-25(27,28)20-14-19(24(29)34)15-22(16-20)33-12-10-32(11-13-33)9-7-18-3-5-21(6-4-18)31-37(35,36)23-2-1-8-30-17-23/h1-2,8,14-18,21,31H,3-7,9-13H2,(H2,29,34). The fraction of sp³-hybridized carbons (Fsp3) is 0.520. The predicted molar refractivity (Wildman–Crippen MR) is 134 cm³/mol. The van der Waals surface area contributed by atoms with Crippen molar-refractivity contribution in [1.29, 1.82) is 0 Å². The second-order valence-corrected chi connectivity index (χ2v) is 11.5. The summed E-state index contributed by atoms with van der Waals surface area (Å²) in [5, 5.41) is 0. The summed E-state index contributed by atoms with van der Waals surface area (Å²) in [6.07, 6.45) is 2.79. The van der Waals surface area contributed by atoms with Crippen LogP contribution < -0.4 is 15.4 Å². The van der Waals surface area contributed by atoms with Crippen LogP contribution in [-0.4, -0.2) is 63.0 Å². The van der Waals surface area contributed by atoms with Gasteiger partial charge in [0.15, 0.2) is 0 Å². The molecule has 1 saturated carbocycles. The van der Waals surface area contributed by atoms with E-state index in [-0.39, 0.29) is 16.5 Å². The van der Waals surface area contributed by atoms with E-state index in [0.29, 0.717) is 37.8 Å². The molecule has 0 radical (unpaired) electrons. The number of anilines is 1. The average Bonchev–Trinajstić information content (AvgIpc) is 2.88. The Morgan fingerprint density at radius 2 is 1.78 bits per heavy atom. The van der Waals surface area contributed by atoms with Gasteiger partial charge in [-0.1, -0.05) is 0 Å². The molecule has 37 heavy (non-hydrogen) atoms. The minimum atomic E-state index is -4.56. The van der Waals surface area contributed by atoms with Gasteiger partial charge in [-0.15, -0.1) is 0 Å². The van der Waals surface area contributed by atoms with E-state index in [1.165, 1.54) is 24.5 Å². The molecule has 1 aromatic carbocycles. The lowest BCUT2D eigenvalue weighted by Crippen LogP contribution is -2.47. The highest BCUT2D eigenvalue weighted by molar-refractivity contribution is 7.89. The summed E-state index contributed by atoms with van der Waals surface area (Å²) in [6, 6.07) is 6.34. The molecule has 2 fully saturated rings. The number of piperazine rings is 1. The van der Waals surface area contributed by atoms with Gasteiger partial charge in [-0.2, -0.15) is 13.2 Å². The Kier molecular flexibility index (Phi) is 8.39. The second kappa shape index (κ2) is 11.4. The van der Waals surface area contributed by atoms with Gasteiger partial charge in [0, 0.05) is 55.9 Å². The SMILES string of the molecule is NC(=O)c1cc(N2CCN(CCC3CCC(NS(=O)(=O)c4cccnc4)CC3)CC2)cc(C(F)(F)F)c1. The van der Waals surface area contributed by atoms with E-state index in [0.717, 1.165) is 50.8 Å². The van der Waals surface area contributed by atoms with Crippen LogP contribution in [0.15, 0.2) is 47.6 Å². The molecule has 2 aliphatic rings. The highest BCUT2D eigenvalue weighted by Crippen LogP contribution is 2.33. The number of halogens is 3. The van der Waals surface area contributed by atoms with E-state index < -0.39 is 27.7 Å². The van der Waals surface area contributed by atoms with Crippen molar-refractivity contribution in [2.75, 3.05) is 37.6 Å².